The molecule has 1 aromatic rings. The maximum atomic E-state index is 9.45. The van der Waals surface area contributed by atoms with Gasteiger partial charge in [0.05, 0.1) is 6.10 Å². The maximum Gasteiger partial charge on any atom is 0.0549 e. The summed E-state index contributed by atoms with van der Waals surface area (Å²) in [6.45, 7) is 10.2. The fraction of sp³-hybridized carbons (Fsp3) is 0.600. The predicted octanol–water partition coefficient (Wildman–Crippen LogP) is 2.86. The highest BCUT2D eigenvalue weighted by atomic mass is 16.3. The molecule has 0 saturated carbocycles. The van der Waals surface area contributed by atoms with Crippen molar-refractivity contribution in [2.24, 2.45) is 0 Å². The fourth-order valence-electron chi connectivity index (χ4n) is 1.91. The van der Waals surface area contributed by atoms with Gasteiger partial charge in [0.25, 0.3) is 0 Å². The summed E-state index contributed by atoms with van der Waals surface area (Å²) < 4.78 is 0. The van der Waals surface area contributed by atoms with E-state index in [2.05, 4.69) is 38.2 Å². The number of benzene rings is 1. The molecular weight excluding hydrogens is 210 g/mol. The largest absolute Gasteiger partial charge is 0.393 e. The third-order valence-corrected chi connectivity index (χ3v) is 3.39. The molecule has 0 spiro atoms. The highest BCUT2D eigenvalue weighted by Gasteiger charge is 2.03. The van der Waals surface area contributed by atoms with Crippen LogP contribution in [0, 0.1) is 20.8 Å². The molecular formula is C15H25NO. The average Bonchev–Trinajstić information content (AvgIpc) is 2.30. The van der Waals surface area contributed by atoms with Crippen molar-refractivity contribution < 1.29 is 5.11 Å². The van der Waals surface area contributed by atoms with E-state index in [0.717, 1.165) is 25.9 Å². The van der Waals surface area contributed by atoms with Gasteiger partial charge in [0.1, 0.15) is 0 Å². The molecule has 1 atom stereocenters. The van der Waals surface area contributed by atoms with Crippen LogP contribution in [-0.4, -0.2) is 17.8 Å². The minimum absolute atomic E-state index is 0.164. The van der Waals surface area contributed by atoms with Crippen molar-refractivity contribution in [1.29, 1.82) is 0 Å². The van der Waals surface area contributed by atoms with Crippen molar-refractivity contribution in [3.05, 3.63) is 34.4 Å². The van der Waals surface area contributed by atoms with Gasteiger partial charge < -0.3 is 10.4 Å². The van der Waals surface area contributed by atoms with Crippen LogP contribution in [0.4, 0.5) is 0 Å². The first kappa shape index (κ1) is 14.2. The first-order valence-electron chi connectivity index (χ1n) is 6.50. The topological polar surface area (TPSA) is 32.3 Å². The van der Waals surface area contributed by atoms with Gasteiger partial charge in [0.15, 0.2) is 0 Å². The summed E-state index contributed by atoms with van der Waals surface area (Å²) >= 11 is 0. The number of rotatable bonds is 6. The van der Waals surface area contributed by atoms with Gasteiger partial charge in [-0.2, -0.15) is 0 Å². The lowest BCUT2D eigenvalue weighted by molar-refractivity contribution is 0.159. The molecule has 96 valence electrons. The van der Waals surface area contributed by atoms with Crippen LogP contribution in [0.5, 0.6) is 0 Å². The fourth-order valence-corrected chi connectivity index (χ4v) is 1.91. The van der Waals surface area contributed by atoms with Gasteiger partial charge >= 0.3 is 0 Å². The molecule has 0 radical (unpaired) electrons. The summed E-state index contributed by atoms with van der Waals surface area (Å²) in [5.41, 5.74) is 5.41. The minimum atomic E-state index is -0.164. The lowest BCUT2D eigenvalue weighted by Gasteiger charge is -2.12. The molecule has 0 aliphatic heterocycles. The standard InChI is InChI=1S/C15H25NO/c1-5-15(17)6-7-16-10-14-9-12(3)11(2)8-13(14)4/h8-9,15-17H,5-7,10H2,1-4H3. The Kier molecular flexibility index (Phi) is 5.66. The lowest BCUT2D eigenvalue weighted by Crippen LogP contribution is -2.20. The number of aliphatic hydroxyl groups is 1. The molecule has 0 saturated heterocycles. The Morgan fingerprint density at radius 3 is 2.41 bits per heavy atom. The zero-order valence-electron chi connectivity index (χ0n) is 11.5. The molecule has 2 nitrogen and oxygen atoms in total. The van der Waals surface area contributed by atoms with E-state index in [0.29, 0.717) is 0 Å². The first-order valence-corrected chi connectivity index (χ1v) is 6.50. The molecule has 0 aromatic heterocycles. The van der Waals surface area contributed by atoms with Crippen LogP contribution in [0.2, 0.25) is 0 Å². The summed E-state index contributed by atoms with van der Waals surface area (Å²) in [6, 6.07) is 4.50. The first-order chi connectivity index (χ1) is 8.04. The molecule has 1 rings (SSSR count). The molecule has 1 unspecified atom stereocenters. The summed E-state index contributed by atoms with van der Waals surface area (Å²) in [6.07, 6.45) is 1.51. The van der Waals surface area contributed by atoms with E-state index >= 15 is 0 Å². The van der Waals surface area contributed by atoms with Gasteiger partial charge in [-0.1, -0.05) is 19.1 Å². The van der Waals surface area contributed by atoms with Crippen molar-refractivity contribution in [2.75, 3.05) is 6.54 Å². The second-order valence-corrected chi connectivity index (χ2v) is 4.89. The van der Waals surface area contributed by atoms with Crippen molar-refractivity contribution in [1.82, 2.24) is 5.32 Å². The quantitative estimate of drug-likeness (QED) is 0.743. The Morgan fingerprint density at radius 1 is 1.12 bits per heavy atom. The van der Waals surface area contributed by atoms with Gasteiger partial charge in [-0.25, -0.2) is 0 Å². The van der Waals surface area contributed by atoms with Crippen LogP contribution in [0.1, 0.15) is 42.0 Å². The zero-order valence-corrected chi connectivity index (χ0v) is 11.5. The third-order valence-electron chi connectivity index (χ3n) is 3.39. The maximum absolute atomic E-state index is 9.45. The third kappa shape index (κ3) is 4.49. The van der Waals surface area contributed by atoms with Crippen molar-refractivity contribution >= 4 is 0 Å². The van der Waals surface area contributed by atoms with Crippen LogP contribution in [0.25, 0.3) is 0 Å². The second-order valence-electron chi connectivity index (χ2n) is 4.89. The Hall–Kier alpha value is -0.860. The number of aliphatic hydroxyl groups excluding tert-OH is 1. The number of hydrogen-bond acceptors (Lipinski definition) is 2. The molecule has 0 amide bonds. The van der Waals surface area contributed by atoms with Gasteiger partial charge in [-0.3, -0.25) is 0 Å². The van der Waals surface area contributed by atoms with Crippen LogP contribution < -0.4 is 5.32 Å². The molecule has 2 heteroatoms. The normalized spacial score (nSPS) is 12.8. The zero-order chi connectivity index (χ0) is 12.8. The van der Waals surface area contributed by atoms with E-state index in [-0.39, 0.29) is 6.10 Å². The van der Waals surface area contributed by atoms with E-state index in [9.17, 15) is 5.11 Å². The van der Waals surface area contributed by atoms with E-state index in [1.807, 2.05) is 6.92 Å². The van der Waals surface area contributed by atoms with Crippen molar-refractivity contribution in [3.63, 3.8) is 0 Å². The number of hydrogen-bond donors (Lipinski definition) is 2. The Morgan fingerprint density at radius 2 is 1.76 bits per heavy atom. The molecule has 1 aromatic carbocycles. The summed E-state index contributed by atoms with van der Waals surface area (Å²) in [4.78, 5) is 0. The molecule has 17 heavy (non-hydrogen) atoms. The Bertz CT molecular complexity index is 360. The van der Waals surface area contributed by atoms with E-state index in [1.165, 1.54) is 22.3 Å². The summed E-state index contributed by atoms with van der Waals surface area (Å²) in [7, 11) is 0. The smallest absolute Gasteiger partial charge is 0.0549 e. The lowest BCUT2D eigenvalue weighted by atomic mass is 10.0. The van der Waals surface area contributed by atoms with Crippen LogP contribution in [0.15, 0.2) is 12.1 Å². The highest BCUT2D eigenvalue weighted by molar-refractivity contribution is 5.36. The van der Waals surface area contributed by atoms with E-state index in [4.69, 9.17) is 0 Å². The molecule has 0 aliphatic carbocycles. The van der Waals surface area contributed by atoms with Gasteiger partial charge in [0.2, 0.25) is 0 Å². The molecule has 0 heterocycles. The van der Waals surface area contributed by atoms with Gasteiger partial charge in [-0.05, 0) is 62.4 Å². The summed E-state index contributed by atoms with van der Waals surface area (Å²) in [5, 5.41) is 12.8. The minimum Gasteiger partial charge on any atom is -0.393 e. The molecule has 0 fully saturated rings. The van der Waals surface area contributed by atoms with Crippen LogP contribution in [0.3, 0.4) is 0 Å². The van der Waals surface area contributed by atoms with Crippen LogP contribution in [-0.2, 0) is 6.54 Å². The summed E-state index contributed by atoms with van der Waals surface area (Å²) in [5.74, 6) is 0. The van der Waals surface area contributed by atoms with E-state index < -0.39 is 0 Å². The van der Waals surface area contributed by atoms with Crippen molar-refractivity contribution in [2.45, 2.75) is 53.2 Å². The average molecular weight is 235 g/mol. The second kappa shape index (κ2) is 6.77. The van der Waals surface area contributed by atoms with Crippen molar-refractivity contribution in [3.8, 4) is 0 Å². The molecule has 0 bridgehead atoms. The van der Waals surface area contributed by atoms with Crippen LogP contribution >= 0.6 is 0 Å². The number of aryl methyl sites for hydroxylation is 3. The Balaban J connectivity index is 2.44. The molecule has 0 aliphatic rings. The molecule has 2 N–H and O–H groups in total. The SMILES string of the molecule is CCC(O)CCNCc1cc(C)c(C)cc1C. The monoisotopic (exact) mass is 235 g/mol. The van der Waals surface area contributed by atoms with Gasteiger partial charge in [-0.15, -0.1) is 0 Å². The Labute approximate surface area is 105 Å². The van der Waals surface area contributed by atoms with Gasteiger partial charge in [0, 0.05) is 6.54 Å². The number of nitrogens with one attached hydrogen (secondary N) is 1. The highest BCUT2D eigenvalue weighted by Crippen LogP contribution is 2.15. The predicted molar refractivity (Wildman–Crippen MR) is 73.3 cm³/mol. The van der Waals surface area contributed by atoms with E-state index in [1.54, 1.807) is 0 Å².